The largest absolute Gasteiger partial charge is 0.465 e. The van der Waals surface area contributed by atoms with E-state index in [2.05, 4.69) is 35.4 Å². The van der Waals surface area contributed by atoms with Crippen molar-refractivity contribution in [3.05, 3.63) is 56.5 Å². The van der Waals surface area contributed by atoms with Crippen molar-refractivity contribution in [1.29, 1.82) is 0 Å². The molecule has 0 saturated carbocycles. The molecule has 2 aromatic rings. The van der Waals surface area contributed by atoms with E-state index in [1.807, 2.05) is 13.8 Å². The van der Waals surface area contributed by atoms with Crippen molar-refractivity contribution in [2.75, 3.05) is 14.2 Å². The number of ether oxygens (including phenoxy) is 2. The van der Waals surface area contributed by atoms with Crippen LogP contribution in [0.3, 0.4) is 0 Å². The normalized spacial score (nSPS) is 9.58. The van der Waals surface area contributed by atoms with Crippen molar-refractivity contribution in [3.63, 3.8) is 0 Å². The Bertz CT molecular complexity index is 689. The van der Waals surface area contributed by atoms with Gasteiger partial charge >= 0.3 is 11.9 Å². The Morgan fingerprint density at radius 1 is 1.00 bits per heavy atom. The topological polar surface area (TPSA) is 78.4 Å². The van der Waals surface area contributed by atoms with Gasteiger partial charge in [0.15, 0.2) is 0 Å². The molecule has 0 atom stereocenters. The summed E-state index contributed by atoms with van der Waals surface area (Å²) in [7, 11) is 2.67. The number of carbonyl (C=O) groups is 2. The molecule has 0 saturated heterocycles. The van der Waals surface area contributed by atoms with E-state index in [-0.39, 0.29) is 5.97 Å². The molecule has 0 aliphatic rings. The second kappa shape index (κ2) is 9.34. The lowest BCUT2D eigenvalue weighted by Gasteiger charge is -2.01. The highest BCUT2D eigenvalue weighted by molar-refractivity contribution is 9.10. The van der Waals surface area contributed by atoms with Crippen molar-refractivity contribution < 1.29 is 19.1 Å². The summed E-state index contributed by atoms with van der Waals surface area (Å²) in [6.07, 6.45) is 2.88. The minimum atomic E-state index is -0.431. The Morgan fingerprint density at radius 3 is 1.96 bits per heavy atom. The smallest absolute Gasteiger partial charge is 0.339 e. The predicted molar refractivity (Wildman–Crippen MR) is 93.3 cm³/mol. The zero-order valence-corrected chi connectivity index (χ0v) is 15.9. The number of esters is 2. The van der Waals surface area contributed by atoms with E-state index in [0.717, 1.165) is 11.3 Å². The van der Waals surface area contributed by atoms with Crippen LogP contribution in [0, 0.1) is 13.8 Å². The first-order chi connectivity index (χ1) is 11.3. The molecule has 0 N–H and O–H groups in total. The van der Waals surface area contributed by atoms with Crippen molar-refractivity contribution in [3.8, 4) is 0 Å². The first-order valence-corrected chi connectivity index (χ1v) is 7.88. The molecule has 0 aliphatic carbocycles. The minimum Gasteiger partial charge on any atom is -0.465 e. The maximum Gasteiger partial charge on any atom is 0.339 e. The van der Waals surface area contributed by atoms with Crippen molar-refractivity contribution in [1.82, 2.24) is 9.97 Å². The third kappa shape index (κ3) is 5.58. The first kappa shape index (κ1) is 20.1. The summed E-state index contributed by atoms with van der Waals surface area (Å²) in [6, 6.07) is 3.33. The summed E-state index contributed by atoms with van der Waals surface area (Å²) in [5.74, 6) is -0.773. The van der Waals surface area contributed by atoms with Gasteiger partial charge in [-0.2, -0.15) is 0 Å². The lowest BCUT2D eigenvalue weighted by molar-refractivity contribution is 0.0591. The highest BCUT2D eigenvalue weighted by Gasteiger charge is 2.08. The van der Waals surface area contributed by atoms with Gasteiger partial charge < -0.3 is 9.47 Å². The fourth-order valence-corrected chi connectivity index (χ4v) is 1.98. The molecule has 0 unspecified atom stereocenters. The number of hydrogen-bond donors (Lipinski definition) is 0. The molecular formula is C16H16BrClN2O4. The Hall–Kier alpha value is -1.99. The van der Waals surface area contributed by atoms with Crippen molar-refractivity contribution >= 4 is 39.5 Å². The average molecular weight is 416 g/mol. The number of rotatable bonds is 2. The summed E-state index contributed by atoms with van der Waals surface area (Å²) < 4.78 is 9.62. The van der Waals surface area contributed by atoms with Crippen molar-refractivity contribution in [2.24, 2.45) is 0 Å². The Morgan fingerprint density at radius 2 is 1.50 bits per heavy atom. The van der Waals surface area contributed by atoms with E-state index >= 15 is 0 Å². The zero-order chi connectivity index (χ0) is 18.3. The molecule has 6 nitrogen and oxygen atoms in total. The van der Waals surface area contributed by atoms with E-state index in [0.29, 0.717) is 20.8 Å². The molecule has 24 heavy (non-hydrogen) atoms. The maximum atomic E-state index is 11.0. The number of methoxy groups -OCH3 is 2. The Labute approximate surface area is 153 Å². The van der Waals surface area contributed by atoms with E-state index in [4.69, 9.17) is 11.6 Å². The highest BCUT2D eigenvalue weighted by atomic mass is 79.9. The number of halogens is 2. The summed E-state index contributed by atoms with van der Waals surface area (Å²) in [5.41, 5.74) is 2.80. The van der Waals surface area contributed by atoms with Crippen LogP contribution in [0.5, 0.6) is 0 Å². The molecule has 0 amide bonds. The molecule has 0 aliphatic heterocycles. The van der Waals surface area contributed by atoms with Gasteiger partial charge in [-0.1, -0.05) is 11.6 Å². The van der Waals surface area contributed by atoms with Gasteiger partial charge in [-0.3, -0.25) is 4.98 Å². The van der Waals surface area contributed by atoms with Crippen LogP contribution in [0.25, 0.3) is 0 Å². The van der Waals surface area contributed by atoms with Crippen LogP contribution < -0.4 is 0 Å². The highest BCUT2D eigenvalue weighted by Crippen LogP contribution is 2.20. The summed E-state index contributed by atoms with van der Waals surface area (Å²) in [6.45, 7) is 3.81. The van der Waals surface area contributed by atoms with Gasteiger partial charge in [-0.15, -0.1) is 0 Å². The van der Waals surface area contributed by atoms with Crippen LogP contribution >= 0.6 is 27.5 Å². The number of nitrogens with zero attached hydrogens (tertiary/aromatic N) is 2. The summed E-state index contributed by atoms with van der Waals surface area (Å²) in [5, 5.41) is 0.322. The molecule has 0 bridgehead atoms. The molecule has 128 valence electrons. The monoisotopic (exact) mass is 414 g/mol. The molecular weight excluding hydrogens is 400 g/mol. The molecule has 2 rings (SSSR count). The molecule has 0 aromatic carbocycles. The van der Waals surface area contributed by atoms with Crippen LogP contribution in [0.2, 0.25) is 5.15 Å². The SMILES string of the molecule is COC(=O)c1cnc(C)c(C)c1.COC(=O)c1cnc(Cl)c(Br)c1. The maximum absolute atomic E-state index is 11.0. The second-order valence-corrected chi connectivity index (χ2v) is 5.82. The molecule has 0 fully saturated rings. The van der Waals surface area contributed by atoms with Crippen LogP contribution in [0.1, 0.15) is 32.0 Å². The van der Waals surface area contributed by atoms with Gasteiger partial charge in [0.05, 0.1) is 29.8 Å². The standard InChI is InChI=1S/C9H11NO2.C7H5BrClNO2/c1-6-4-8(9(11)12-3)5-10-7(6)2;1-12-7(11)4-2-5(8)6(9)10-3-4/h4-5H,1-3H3;2-3H,1H3. The Balaban J connectivity index is 0.000000240. The minimum absolute atomic E-state index is 0.322. The van der Waals surface area contributed by atoms with Crippen LogP contribution in [0.4, 0.5) is 0 Å². The fourth-order valence-electron chi connectivity index (χ4n) is 1.52. The number of aromatic nitrogens is 2. The van der Waals surface area contributed by atoms with E-state index in [9.17, 15) is 9.59 Å². The lowest BCUT2D eigenvalue weighted by Crippen LogP contribution is -2.03. The van der Waals surface area contributed by atoms with Crippen LogP contribution in [0.15, 0.2) is 29.0 Å². The van der Waals surface area contributed by atoms with Gasteiger partial charge in [-0.25, -0.2) is 14.6 Å². The summed E-state index contributed by atoms with van der Waals surface area (Å²) in [4.78, 5) is 29.8. The zero-order valence-electron chi connectivity index (χ0n) is 13.6. The predicted octanol–water partition coefficient (Wildman–Crippen LogP) is 3.77. The van der Waals surface area contributed by atoms with Crippen LogP contribution in [-0.4, -0.2) is 36.1 Å². The third-order valence-electron chi connectivity index (χ3n) is 2.98. The molecule has 8 heteroatoms. The molecule has 2 heterocycles. The Kier molecular flexibility index (Phi) is 7.81. The number of carbonyl (C=O) groups excluding carboxylic acids is 2. The first-order valence-electron chi connectivity index (χ1n) is 6.71. The van der Waals surface area contributed by atoms with Gasteiger partial charge in [0, 0.05) is 18.1 Å². The number of aryl methyl sites for hydroxylation is 2. The quantitative estimate of drug-likeness (QED) is 0.549. The molecule has 0 radical (unpaired) electrons. The lowest BCUT2D eigenvalue weighted by atomic mass is 10.2. The van der Waals surface area contributed by atoms with Gasteiger partial charge in [0.2, 0.25) is 0 Å². The molecule has 0 spiro atoms. The number of hydrogen-bond acceptors (Lipinski definition) is 6. The third-order valence-corrected chi connectivity index (χ3v) is 4.11. The summed E-state index contributed by atoms with van der Waals surface area (Å²) >= 11 is 8.76. The molecule has 2 aromatic heterocycles. The van der Waals surface area contributed by atoms with Gasteiger partial charge in [0.1, 0.15) is 5.15 Å². The van der Waals surface area contributed by atoms with Gasteiger partial charge in [0.25, 0.3) is 0 Å². The number of pyridine rings is 2. The van der Waals surface area contributed by atoms with E-state index in [1.165, 1.54) is 26.6 Å². The average Bonchev–Trinajstić information content (AvgIpc) is 2.58. The van der Waals surface area contributed by atoms with Gasteiger partial charge in [-0.05, 0) is 47.5 Å². The van der Waals surface area contributed by atoms with E-state index in [1.54, 1.807) is 12.1 Å². The second-order valence-electron chi connectivity index (χ2n) is 4.61. The van der Waals surface area contributed by atoms with Crippen LogP contribution in [-0.2, 0) is 9.47 Å². The fraction of sp³-hybridized carbons (Fsp3) is 0.250. The van der Waals surface area contributed by atoms with E-state index < -0.39 is 5.97 Å². The van der Waals surface area contributed by atoms with Crippen molar-refractivity contribution in [2.45, 2.75) is 13.8 Å².